The monoisotopic (exact) mass is 351 g/mol. The molecule has 1 aliphatic rings. The Balaban J connectivity index is 1.81. The van der Waals surface area contributed by atoms with Gasteiger partial charge in [-0.1, -0.05) is 55.0 Å². The Bertz CT molecular complexity index is 1080. The van der Waals surface area contributed by atoms with Crippen LogP contribution in [0.25, 0.3) is 23.1 Å². The molecule has 0 spiro atoms. The maximum absolute atomic E-state index is 6.39. The van der Waals surface area contributed by atoms with Crippen molar-refractivity contribution < 1.29 is 4.74 Å². The van der Waals surface area contributed by atoms with E-state index in [2.05, 4.69) is 41.3 Å². The van der Waals surface area contributed by atoms with E-state index in [0.717, 1.165) is 32.8 Å². The zero-order valence-electron chi connectivity index (χ0n) is 14.1. The number of hydrogen-bond donors (Lipinski definition) is 0. The summed E-state index contributed by atoms with van der Waals surface area (Å²) in [7, 11) is 1.67. The summed E-state index contributed by atoms with van der Waals surface area (Å²) in [6, 6.07) is 7.98. The minimum Gasteiger partial charge on any atom is -0.497 e. The van der Waals surface area contributed by atoms with Crippen molar-refractivity contribution in [2.75, 3.05) is 7.11 Å². The molecule has 0 saturated heterocycles. The molecule has 0 saturated carbocycles. The molecule has 2 aromatic heterocycles. The second-order valence-corrected chi connectivity index (χ2v) is 6.57. The highest BCUT2D eigenvalue weighted by atomic mass is 35.5. The molecule has 0 fully saturated rings. The Hall–Kier alpha value is -2.59. The van der Waals surface area contributed by atoms with E-state index in [9.17, 15) is 0 Å². The van der Waals surface area contributed by atoms with Crippen molar-refractivity contribution in [2.24, 2.45) is 5.92 Å². The molecule has 0 bridgehead atoms. The lowest BCUT2D eigenvalue weighted by molar-refractivity contribution is 0.414. The number of allylic oxidation sites excluding steroid dienone is 2. The predicted octanol–water partition coefficient (Wildman–Crippen LogP) is 2.91. The van der Waals surface area contributed by atoms with Gasteiger partial charge in [0.2, 0.25) is 0 Å². The van der Waals surface area contributed by atoms with Gasteiger partial charge in [-0.3, -0.25) is 4.68 Å². The summed E-state index contributed by atoms with van der Waals surface area (Å²) in [5.41, 5.74) is 1.88. The first-order valence-electron chi connectivity index (χ1n) is 8.20. The summed E-state index contributed by atoms with van der Waals surface area (Å²) in [5.74, 6) is 1.17. The van der Waals surface area contributed by atoms with Gasteiger partial charge in [0.05, 0.1) is 19.0 Å². The van der Waals surface area contributed by atoms with Crippen LogP contribution in [0.5, 0.6) is 5.75 Å². The quantitative estimate of drug-likeness (QED) is 0.681. The van der Waals surface area contributed by atoms with Crippen LogP contribution in [0.4, 0.5) is 0 Å². The maximum atomic E-state index is 6.39. The molecule has 2 heterocycles. The standard InChI is InChI=1S/C20H18ClN3O/c1-13-4-3-5-16-17-12-24(11-14-6-8-15(25-2)9-7-14)23-19(17)20(21)22-18(16)10-13/h3-10,12-13H,11H2,1-2H3. The zero-order valence-corrected chi connectivity index (χ0v) is 14.9. The van der Waals surface area contributed by atoms with E-state index < -0.39 is 0 Å². The molecular weight excluding hydrogens is 334 g/mol. The second-order valence-electron chi connectivity index (χ2n) is 6.22. The number of nitrogens with zero attached hydrogens (tertiary/aromatic N) is 3. The Morgan fingerprint density at radius 1 is 1.24 bits per heavy atom. The van der Waals surface area contributed by atoms with Crippen LogP contribution in [-0.2, 0) is 6.54 Å². The first-order valence-corrected chi connectivity index (χ1v) is 8.58. The Kier molecular flexibility index (Phi) is 4.06. The van der Waals surface area contributed by atoms with Crippen LogP contribution in [0.3, 0.4) is 0 Å². The lowest BCUT2D eigenvalue weighted by atomic mass is 10.1. The zero-order chi connectivity index (χ0) is 17.4. The minimum absolute atomic E-state index is 0.327. The summed E-state index contributed by atoms with van der Waals surface area (Å²) in [6.45, 7) is 2.80. The SMILES string of the molecule is COc1ccc(Cn2cc3c4c(nc(Cl)c3n2)=CC(C)C=CC=4)cc1. The maximum Gasteiger partial charge on any atom is 0.157 e. The predicted molar refractivity (Wildman–Crippen MR) is 101 cm³/mol. The fraction of sp³-hybridized carbons (Fsp3) is 0.200. The van der Waals surface area contributed by atoms with Crippen molar-refractivity contribution in [3.8, 4) is 5.75 Å². The van der Waals surface area contributed by atoms with Gasteiger partial charge < -0.3 is 4.74 Å². The molecule has 3 aromatic rings. The molecule has 1 aliphatic carbocycles. The molecule has 25 heavy (non-hydrogen) atoms. The smallest absolute Gasteiger partial charge is 0.157 e. The molecule has 5 heteroatoms. The minimum atomic E-state index is 0.327. The molecular formula is C20H18ClN3O. The highest BCUT2D eigenvalue weighted by molar-refractivity contribution is 6.33. The van der Waals surface area contributed by atoms with E-state index in [-0.39, 0.29) is 0 Å². The second kappa shape index (κ2) is 6.37. The van der Waals surface area contributed by atoms with Gasteiger partial charge in [0.25, 0.3) is 0 Å². The normalized spacial score (nSPS) is 16.0. The first kappa shape index (κ1) is 15.9. The number of fused-ring (bicyclic) bond motifs is 3. The van der Waals surface area contributed by atoms with Gasteiger partial charge in [-0.2, -0.15) is 5.10 Å². The van der Waals surface area contributed by atoms with E-state index >= 15 is 0 Å². The number of aromatic nitrogens is 3. The van der Waals surface area contributed by atoms with Crippen LogP contribution in [0.1, 0.15) is 12.5 Å². The number of rotatable bonds is 3. The Morgan fingerprint density at radius 3 is 2.80 bits per heavy atom. The van der Waals surface area contributed by atoms with Gasteiger partial charge in [-0.15, -0.1) is 0 Å². The average Bonchev–Trinajstić information content (AvgIpc) is 2.93. The molecule has 4 nitrogen and oxygen atoms in total. The van der Waals surface area contributed by atoms with Crippen molar-refractivity contribution in [2.45, 2.75) is 13.5 Å². The van der Waals surface area contributed by atoms with E-state index in [1.54, 1.807) is 7.11 Å². The average molecular weight is 352 g/mol. The first-order chi connectivity index (χ1) is 12.1. The van der Waals surface area contributed by atoms with Crippen LogP contribution in [-0.4, -0.2) is 21.9 Å². The van der Waals surface area contributed by atoms with Crippen molar-refractivity contribution in [3.05, 3.63) is 63.9 Å². The van der Waals surface area contributed by atoms with Gasteiger partial charge >= 0.3 is 0 Å². The van der Waals surface area contributed by atoms with E-state index in [4.69, 9.17) is 16.3 Å². The van der Waals surface area contributed by atoms with Crippen molar-refractivity contribution in [3.63, 3.8) is 0 Å². The number of methoxy groups -OCH3 is 1. The number of halogens is 1. The Labute approximate surface area is 150 Å². The number of hydrogen-bond acceptors (Lipinski definition) is 3. The largest absolute Gasteiger partial charge is 0.497 e. The van der Waals surface area contributed by atoms with Crippen molar-refractivity contribution >= 4 is 34.7 Å². The molecule has 0 amide bonds. The molecule has 1 atom stereocenters. The third-order valence-electron chi connectivity index (χ3n) is 4.34. The Morgan fingerprint density at radius 2 is 2.04 bits per heavy atom. The molecule has 0 radical (unpaired) electrons. The fourth-order valence-corrected chi connectivity index (χ4v) is 3.29. The van der Waals surface area contributed by atoms with E-state index in [0.29, 0.717) is 17.6 Å². The lowest BCUT2D eigenvalue weighted by Crippen LogP contribution is -2.29. The van der Waals surface area contributed by atoms with Crippen LogP contribution >= 0.6 is 11.6 Å². The van der Waals surface area contributed by atoms with Gasteiger partial charge in [0, 0.05) is 16.8 Å². The summed E-state index contributed by atoms with van der Waals surface area (Å²) < 4.78 is 7.11. The van der Waals surface area contributed by atoms with Gasteiger partial charge in [-0.25, -0.2) is 4.98 Å². The van der Waals surface area contributed by atoms with E-state index in [1.165, 1.54) is 0 Å². The summed E-state index contributed by atoms with van der Waals surface area (Å²) in [5, 5.41) is 8.10. The molecule has 126 valence electrons. The third-order valence-corrected chi connectivity index (χ3v) is 4.61. The van der Waals surface area contributed by atoms with Crippen molar-refractivity contribution in [1.82, 2.24) is 14.8 Å². The van der Waals surface area contributed by atoms with Crippen molar-refractivity contribution in [1.29, 1.82) is 0 Å². The number of pyridine rings is 1. The number of benzene rings is 1. The van der Waals surface area contributed by atoms with Gasteiger partial charge in [-0.05, 0) is 23.6 Å². The van der Waals surface area contributed by atoms with E-state index in [1.807, 2.05) is 35.1 Å². The lowest BCUT2D eigenvalue weighted by Gasteiger charge is -2.03. The van der Waals surface area contributed by atoms with Crippen LogP contribution in [0.15, 0.2) is 42.6 Å². The molecule has 0 aliphatic heterocycles. The topological polar surface area (TPSA) is 39.9 Å². The molecule has 1 aromatic carbocycles. The molecule has 1 unspecified atom stereocenters. The van der Waals surface area contributed by atoms with Crippen LogP contribution < -0.4 is 15.3 Å². The highest BCUT2D eigenvalue weighted by Gasteiger charge is 2.11. The molecule has 4 rings (SSSR count). The molecule has 0 N–H and O–H groups in total. The van der Waals surface area contributed by atoms with Gasteiger partial charge in [0.1, 0.15) is 11.3 Å². The summed E-state index contributed by atoms with van der Waals surface area (Å²) >= 11 is 6.39. The summed E-state index contributed by atoms with van der Waals surface area (Å²) in [4.78, 5) is 4.54. The summed E-state index contributed by atoms with van der Waals surface area (Å²) in [6.07, 6.45) is 10.5. The number of ether oxygens (including phenoxy) is 1. The van der Waals surface area contributed by atoms with Gasteiger partial charge in [0.15, 0.2) is 5.15 Å². The third kappa shape index (κ3) is 3.05. The van der Waals surface area contributed by atoms with Crippen LogP contribution in [0, 0.1) is 5.92 Å². The van der Waals surface area contributed by atoms with Crippen LogP contribution in [0.2, 0.25) is 5.15 Å². The fourth-order valence-electron chi connectivity index (χ4n) is 3.06. The highest BCUT2D eigenvalue weighted by Crippen LogP contribution is 2.17.